The summed E-state index contributed by atoms with van der Waals surface area (Å²) in [5, 5.41) is 12.3. The smallest absolute Gasteiger partial charge is 0.266 e. The van der Waals surface area contributed by atoms with Crippen molar-refractivity contribution in [1.29, 1.82) is 5.26 Å². The third-order valence-corrected chi connectivity index (χ3v) is 4.22. The number of nitrogens with zero attached hydrogens (tertiary/aromatic N) is 1. The molecule has 0 heterocycles. The van der Waals surface area contributed by atoms with Crippen LogP contribution in [0.5, 0.6) is 17.2 Å². The first-order valence-electron chi connectivity index (χ1n) is 10.2. The first-order valence-corrected chi connectivity index (χ1v) is 10.2. The molecule has 1 amide bonds. The van der Waals surface area contributed by atoms with Crippen molar-refractivity contribution in [3.8, 4) is 35.7 Å². The molecule has 1 N–H and O–H groups in total. The lowest BCUT2D eigenvalue weighted by Crippen LogP contribution is -2.13. The second-order valence-corrected chi connectivity index (χ2v) is 6.51. The standard InChI is InChI=1S/C26H26N2O4/c1-5-9-20-15-19(17-24(31-8-4)25(20)32-14-6-2)16-21(18-27)26(29)28-22-10-12-23(13-11-22)30-7-3/h2,5,10-13,15-17H,1,7-9,14H2,3-4H3,(H,28,29)/b21-16+. The molecule has 2 rings (SSSR count). The molecule has 32 heavy (non-hydrogen) atoms. The maximum Gasteiger partial charge on any atom is 0.266 e. The number of nitrogens with one attached hydrogen (secondary N) is 1. The van der Waals surface area contributed by atoms with Crippen LogP contribution in [0.4, 0.5) is 5.69 Å². The minimum absolute atomic E-state index is 0.0526. The van der Waals surface area contributed by atoms with E-state index in [-0.39, 0.29) is 12.2 Å². The minimum atomic E-state index is -0.521. The van der Waals surface area contributed by atoms with Gasteiger partial charge in [0.05, 0.1) is 13.2 Å². The molecule has 0 aliphatic rings. The average Bonchev–Trinajstić information content (AvgIpc) is 2.79. The Morgan fingerprint density at radius 1 is 1.16 bits per heavy atom. The average molecular weight is 431 g/mol. The molecule has 6 nitrogen and oxygen atoms in total. The van der Waals surface area contributed by atoms with Crippen LogP contribution in [0.1, 0.15) is 25.0 Å². The van der Waals surface area contributed by atoms with E-state index in [2.05, 4.69) is 17.8 Å². The van der Waals surface area contributed by atoms with Gasteiger partial charge >= 0.3 is 0 Å². The lowest BCUT2D eigenvalue weighted by molar-refractivity contribution is -0.112. The largest absolute Gasteiger partial charge is 0.494 e. The molecule has 0 saturated heterocycles. The summed E-state index contributed by atoms with van der Waals surface area (Å²) in [6.45, 7) is 8.58. The molecule has 6 heteroatoms. The summed E-state index contributed by atoms with van der Waals surface area (Å²) < 4.78 is 16.8. The van der Waals surface area contributed by atoms with Crippen molar-refractivity contribution < 1.29 is 19.0 Å². The van der Waals surface area contributed by atoms with Gasteiger partial charge in [0.15, 0.2) is 11.5 Å². The molecular formula is C26H26N2O4. The van der Waals surface area contributed by atoms with Gasteiger partial charge in [-0.2, -0.15) is 5.26 Å². The van der Waals surface area contributed by atoms with Crippen LogP contribution >= 0.6 is 0 Å². The number of carbonyl (C=O) groups excluding carboxylic acids is 1. The van der Waals surface area contributed by atoms with Gasteiger partial charge in [-0.3, -0.25) is 4.79 Å². The van der Waals surface area contributed by atoms with Crippen molar-refractivity contribution in [1.82, 2.24) is 0 Å². The fourth-order valence-electron chi connectivity index (χ4n) is 2.93. The summed E-state index contributed by atoms with van der Waals surface area (Å²) in [5.41, 5.74) is 1.91. The molecule has 2 aromatic rings. The van der Waals surface area contributed by atoms with E-state index in [1.54, 1.807) is 36.4 Å². The van der Waals surface area contributed by atoms with Gasteiger partial charge < -0.3 is 19.5 Å². The van der Waals surface area contributed by atoms with Gasteiger partial charge in [-0.1, -0.05) is 12.0 Å². The molecule has 0 spiro atoms. The van der Waals surface area contributed by atoms with Crippen molar-refractivity contribution in [2.75, 3.05) is 25.1 Å². The number of ether oxygens (including phenoxy) is 3. The third kappa shape index (κ3) is 6.68. The number of hydrogen-bond acceptors (Lipinski definition) is 5. The maximum absolute atomic E-state index is 12.7. The topological polar surface area (TPSA) is 80.6 Å². The Morgan fingerprint density at radius 2 is 1.88 bits per heavy atom. The number of rotatable bonds is 11. The molecule has 2 aromatic carbocycles. The van der Waals surface area contributed by atoms with Crippen molar-refractivity contribution in [3.05, 3.63) is 65.8 Å². The fourth-order valence-corrected chi connectivity index (χ4v) is 2.93. The van der Waals surface area contributed by atoms with Crippen LogP contribution in [-0.4, -0.2) is 25.7 Å². The zero-order chi connectivity index (χ0) is 23.3. The summed E-state index contributed by atoms with van der Waals surface area (Å²) in [7, 11) is 0. The Hall–Kier alpha value is -4.16. The summed E-state index contributed by atoms with van der Waals surface area (Å²) in [5.74, 6) is 3.63. The first kappa shape index (κ1) is 24.1. The molecule has 0 fully saturated rings. The van der Waals surface area contributed by atoms with E-state index in [0.717, 1.165) is 5.56 Å². The SMILES string of the molecule is C#CCOc1c(CC=C)cc(/C=C(\C#N)C(=O)Nc2ccc(OCC)cc2)cc1OCC. The van der Waals surface area contributed by atoms with Gasteiger partial charge in [0.1, 0.15) is 24.0 Å². The van der Waals surface area contributed by atoms with Crippen LogP contribution in [0, 0.1) is 23.7 Å². The third-order valence-electron chi connectivity index (χ3n) is 4.22. The molecule has 0 radical (unpaired) electrons. The summed E-state index contributed by atoms with van der Waals surface area (Å²) in [6, 6.07) is 12.4. The fraction of sp³-hybridized carbons (Fsp3) is 0.231. The lowest BCUT2D eigenvalue weighted by Gasteiger charge is -2.15. The molecule has 0 saturated carbocycles. The molecule has 0 aliphatic carbocycles. The Balaban J connectivity index is 2.35. The molecule has 0 aromatic heterocycles. The number of amides is 1. The summed E-state index contributed by atoms with van der Waals surface area (Å²) >= 11 is 0. The van der Waals surface area contributed by atoms with E-state index < -0.39 is 5.91 Å². The predicted molar refractivity (Wildman–Crippen MR) is 126 cm³/mol. The van der Waals surface area contributed by atoms with Gasteiger partial charge in [0, 0.05) is 11.3 Å². The van der Waals surface area contributed by atoms with Crippen molar-refractivity contribution in [2.24, 2.45) is 0 Å². The normalized spacial score (nSPS) is 10.4. The minimum Gasteiger partial charge on any atom is -0.494 e. The zero-order valence-corrected chi connectivity index (χ0v) is 18.3. The Kier molecular flexibility index (Phi) is 9.43. The Labute approximate surface area is 189 Å². The van der Waals surface area contributed by atoms with Crippen molar-refractivity contribution in [2.45, 2.75) is 20.3 Å². The second kappa shape index (κ2) is 12.5. The van der Waals surface area contributed by atoms with Crippen molar-refractivity contribution >= 4 is 17.7 Å². The van der Waals surface area contributed by atoms with Crippen LogP contribution in [0.3, 0.4) is 0 Å². The first-order chi connectivity index (χ1) is 15.6. The number of benzene rings is 2. The Morgan fingerprint density at radius 3 is 2.47 bits per heavy atom. The van der Waals surface area contributed by atoms with Crippen LogP contribution in [0.15, 0.2) is 54.6 Å². The van der Waals surface area contributed by atoms with E-state index in [1.165, 1.54) is 6.08 Å². The summed E-state index contributed by atoms with van der Waals surface area (Å²) in [6.07, 6.45) is 9.06. The molecule has 0 bridgehead atoms. The van der Waals surface area contributed by atoms with E-state index in [9.17, 15) is 10.1 Å². The predicted octanol–water partition coefficient (Wildman–Crippen LogP) is 4.77. The number of anilines is 1. The highest BCUT2D eigenvalue weighted by Crippen LogP contribution is 2.34. The van der Waals surface area contributed by atoms with Crippen LogP contribution in [0.2, 0.25) is 0 Å². The number of nitriles is 1. The monoisotopic (exact) mass is 430 g/mol. The number of terminal acetylenes is 1. The number of carbonyl (C=O) groups is 1. The summed E-state index contributed by atoms with van der Waals surface area (Å²) in [4.78, 5) is 12.7. The van der Waals surface area contributed by atoms with Crippen LogP contribution < -0.4 is 19.5 Å². The van der Waals surface area contributed by atoms with Gasteiger partial charge in [-0.15, -0.1) is 13.0 Å². The van der Waals surface area contributed by atoms with Gasteiger partial charge in [-0.25, -0.2) is 0 Å². The molecular weight excluding hydrogens is 404 g/mol. The lowest BCUT2D eigenvalue weighted by atomic mass is 10.0. The van der Waals surface area contributed by atoms with E-state index in [4.69, 9.17) is 20.6 Å². The Bertz CT molecular complexity index is 1060. The van der Waals surface area contributed by atoms with Gasteiger partial charge in [-0.05, 0) is 68.3 Å². The van der Waals surface area contributed by atoms with E-state index >= 15 is 0 Å². The quantitative estimate of drug-likeness (QED) is 0.240. The van der Waals surface area contributed by atoms with Gasteiger partial charge in [0.25, 0.3) is 5.91 Å². The zero-order valence-electron chi connectivity index (χ0n) is 18.3. The van der Waals surface area contributed by atoms with E-state index in [1.807, 2.05) is 26.0 Å². The molecule has 0 unspecified atom stereocenters. The van der Waals surface area contributed by atoms with Gasteiger partial charge in [0.2, 0.25) is 0 Å². The second-order valence-electron chi connectivity index (χ2n) is 6.51. The van der Waals surface area contributed by atoms with Crippen LogP contribution in [0.25, 0.3) is 6.08 Å². The maximum atomic E-state index is 12.7. The number of hydrogen-bond donors (Lipinski definition) is 1. The highest BCUT2D eigenvalue weighted by atomic mass is 16.5. The molecule has 0 aliphatic heterocycles. The number of allylic oxidation sites excluding steroid dienone is 1. The van der Waals surface area contributed by atoms with E-state index in [0.29, 0.717) is 48.1 Å². The highest BCUT2D eigenvalue weighted by molar-refractivity contribution is 6.09. The highest BCUT2D eigenvalue weighted by Gasteiger charge is 2.15. The van der Waals surface area contributed by atoms with Crippen molar-refractivity contribution in [3.63, 3.8) is 0 Å². The molecule has 0 atom stereocenters. The molecule has 164 valence electrons. The van der Waals surface area contributed by atoms with Crippen LogP contribution in [-0.2, 0) is 11.2 Å².